The SMILES string of the molecule is Nc1ncnc2c1ncn2[C@@H]1O[C@@H]2CNP(=O)(O)OC2C1O. The highest BCUT2D eigenvalue weighted by atomic mass is 31.2. The third-order valence-electron chi connectivity index (χ3n) is 3.73. The van der Waals surface area contributed by atoms with Crippen LogP contribution < -0.4 is 10.8 Å². The van der Waals surface area contributed by atoms with Crippen LogP contribution in [0.2, 0.25) is 0 Å². The molecule has 5 atom stereocenters. The van der Waals surface area contributed by atoms with Gasteiger partial charge in [-0.1, -0.05) is 0 Å². The molecule has 2 aromatic heterocycles. The van der Waals surface area contributed by atoms with Gasteiger partial charge in [-0.05, 0) is 0 Å². The number of imidazole rings is 1. The van der Waals surface area contributed by atoms with Crippen LogP contribution in [0.3, 0.4) is 0 Å². The number of aromatic nitrogens is 4. The van der Waals surface area contributed by atoms with Gasteiger partial charge in [0.05, 0.1) is 6.33 Å². The predicted octanol–water partition coefficient (Wildman–Crippen LogP) is -1.24. The number of rotatable bonds is 1. The van der Waals surface area contributed by atoms with Gasteiger partial charge in [0.15, 0.2) is 17.7 Å². The molecule has 0 spiro atoms. The third-order valence-corrected chi connectivity index (χ3v) is 4.84. The molecule has 11 nitrogen and oxygen atoms in total. The Bertz CT molecular complexity index is 782. The first-order valence-electron chi connectivity index (χ1n) is 6.49. The van der Waals surface area contributed by atoms with Gasteiger partial charge in [-0.3, -0.25) is 9.09 Å². The summed E-state index contributed by atoms with van der Waals surface area (Å²) in [5, 5.41) is 12.7. The Morgan fingerprint density at radius 1 is 1.45 bits per heavy atom. The Morgan fingerprint density at radius 2 is 2.27 bits per heavy atom. The van der Waals surface area contributed by atoms with Crippen LogP contribution in [0, 0.1) is 0 Å². The number of hydrogen-bond acceptors (Lipinski definition) is 8. The number of aliphatic hydroxyl groups excluding tert-OH is 1. The Labute approximate surface area is 123 Å². The minimum atomic E-state index is -3.91. The molecule has 0 aliphatic carbocycles. The zero-order valence-corrected chi connectivity index (χ0v) is 12.0. The number of nitrogens with one attached hydrogen (secondary N) is 1. The molecule has 4 rings (SSSR count). The number of fused-ring (bicyclic) bond motifs is 2. The van der Waals surface area contributed by atoms with Crippen molar-refractivity contribution in [2.45, 2.75) is 24.5 Å². The van der Waals surface area contributed by atoms with Crippen LogP contribution >= 0.6 is 7.75 Å². The van der Waals surface area contributed by atoms with Crippen LogP contribution in [0.5, 0.6) is 0 Å². The predicted molar refractivity (Wildman–Crippen MR) is 72.4 cm³/mol. The zero-order valence-electron chi connectivity index (χ0n) is 11.1. The van der Waals surface area contributed by atoms with E-state index in [1.54, 1.807) is 0 Å². The monoisotopic (exact) mass is 328 g/mol. The van der Waals surface area contributed by atoms with E-state index >= 15 is 0 Å². The summed E-state index contributed by atoms with van der Waals surface area (Å²) in [6, 6.07) is 0. The van der Waals surface area contributed by atoms with Gasteiger partial charge in [-0.25, -0.2) is 24.6 Å². The van der Waals surface area contributed by atoms with Gasteiger partial charge in [0.25, 0.3) is 0 Å². The molecule has 2 saturated heterocycles. The van der Waals surface area contributed by atoms with Crippen molar-refractivity contribution < 1.29 is 23.8 Å². The second-order valence-corrected chi connectivity index (χ2v) is 6.66. The van der Waals surface area contributed by atoms with Crippen molar-refractivity contribution in [3.8, 4) is 0 Å². The number of ether oxygens (including phenoxy) is 1. The van der Waals surface area contributed by atoms with E-state index in [0.29, 0.717) is 11.2 Å². The summed E-state index contributed by atoms with van der Waals surface area (Å²) < 4.78 is 23.8. The molecule has 5 N–H and O–H groups in total. The van der Waals surface area contributed by atoms with Crippen molar-refractivity contribution in [3.63, 3.8) is 0 Å². The van der Waals surface area contributed by atoms with Crippen molar-refractivity contribution in [2.24, 2.45) is 0 Å². The van der Waals surface area contributed by atoms with Gasteiger partial charge < -0.3 is 20.5 Å². The normalized spacial score (nSPS) is 38.3. The fourth-order valence-corrected chi connectivity index (χ4v) is 3.78. The van der Waals surface area contributed by atoms with Crippen molar-refractivity contribution in [2.75, 3.05) is 12.3 Å². The fraction of sp³-hybridized carbons (Fsp3) is 0.500. The van der Waals surface area contributed by atoms with E-state index < -0.39 is 32.3 Å². The Balaban J connectivity index is 1.71. The lowest BCUT2D eigenvalue weighted by atomic mass is 10.1. The molecule has 118 valence electrons. The van der Waals surface area contributed by atoms with Crippen LogP contribution in [0.15, 0.2) is 12.7 Å². The molecule has 2 fully saturated rings. The maximum atomic E-state index is 11.6. The number of anilines is 1. The summed E-state index contributed by atoms with van der Waals surface area (Å²) in [6.45, 7) is 0.0930. The van der Waals surface area contributed by atoms with Gasteiger partial charge in [0, 0.05) is 6.54 Å². The van der Waals surface area contributed by atoms with E-state index in [-0.39, 0.29) is 12.4 Å². The van der Waals surface area contributed by atoms with Gasteiger partial charge in [-0.2, -0.15) is 0 Å². The molecule has 0 bridgehead atoms. The van der Waals surface area contributed by atoms with Gasteiger partial charge in [0.1, 0.15) is 30.2 Å². The van der Waals surface area contributed by atoms with E-state index in [0.717, 1.165) is 0 Å². The molecule has 3 unspecified atom stereocenters. The van der Waals surface area contributed by atoms with Crippen LogP contribution in [0.25, 0.3) is 11.2 Å². The molecular formula is C10H13N6O5P. The molecule has 2 aliphatic rings. The standard InChI is InChI=1S/C10H13N6O5P/c11-8-5-9(13-2-12-8)16(3-14-5)10-6(17)7-4(20-10)1-15-22(18,19)21-7/h2-4,6-7,10,17H,1H2,(H2,11,12,13)(H2,15,18,19)/t4-,6?,7?,10-/m1/s1. The summed E-state index contributed by atoms with van der Waals surface area (Å²) in [6.07, 6.45) is -0.781. The van der Waals surface area contributed by atoms with E-state index in [9.17, 15) is 14.6 Å². The summed E-state index contributed by atoms with van der Waals surface area (Å²) in [7, 11) is -3.91. The molecule has 0 saturated carbocycles. The van der Waals surface area contributed by atoms with Gasteiger partial charge in [-0.15, -0.1) is 0 Å². The largest absolute Gasteiger partial charge is 0.403 e. The van der Waals surface area contributed by atoms with Gasteiger partial charge in [0.2, 0.25) is 0 Å². The highest BCUT2D eigenvalue weighted by Crippen LogP contribution is 2.47. The minimum absolute atomic E-state index is 0.0930. The number of aliphatic hydroxyl groups is 1. The topological polar surface area (TPSA) is 158 Å². The molecule has 4 heterocycles. The van der Waals surface area contributed by atoms with Crippen molar-refractivity contribution in [1.82, 2.24) is 24.6 Å². The maximum Gasteiger partial charge on any atom is 0.403 e. The quantitative estimate of drug-likeness (QED) is 0.466. The summed E-state index contributed by atoms with van der Waals surface area (Å²) in [4.78, 5) is 21.5. The second kappa shape index (κ2) is 4.69. The molecule has 2 aromatic rings. The summed E-state index contributed by atoms with van der Waals surface area (Å²) in [5.74, 6) is 0.214. The van der Waals surface area contributed by atoms with E-state index in [1.165, 1.54) is 17.2 Å². The molecule has 0 radical (unpaired) electrons. The Hall–Kier alpha value is -1.62. The Kier molecular flexibility index (Phi) is 2.98. The molecule has 12 heteroatoms. The van der Waals surface area contributed by atoms with Crippen LogP contribution in [-0.4, -0.2) is 54.4 Å². The second-order valence-electron chi connectivity index (χ2n) is 5.09. The summed E-state index contributed by atoms with van der Waals surface area (Å²) in [5.41, 5.74) is 6.51. The number of nitrogens with two attached hydrogens (primary N) is 1. The molecule has 2 aliphatic heterocycles. The van der Waals surface area contributed by atoms with Crippen molar-refractivity contribution >= 4 is 24.7 Å². The first kappa shape index (κ1) is 14.0. The number of nitrogens with zero attached hydrogens (tertiary/aromatic N) is 4. The average Bonchev–Trinajstić information content (AvgIpc) is 3.01. The van der Waals surface area contributed by atoms with Gasteiger partial charge >= 0.3 is 7.75 Å². The first-order valence-corrected chi connectivity index (χ1v) is 8.07. The fourth-order valence-electron chi connectivity index (χ4n) is 2.71. The van der Waals surface area contributed by atoms with E-state index in [4.69, 9.17) is 15.0 Å². The smallest absolute Gasteiger partial charge is 0.386 e. The van der Waals surface area contributed by atoms with E-state index in [1.807, 2.05) is 0 Å². The van der Waals surface area contributed by atoms with Crippen LogP contribution in [-0.2, 0) is 13.8 Å². The van der Waals surface area contributed by atoms with Crippen LogP contribution in [0.4, 0.5) is 5.82 Å². The lowest BCUT2D eigenvalue weighted by Gasteiger charge is -2.29. The Morgan fingerprint density at radius 3 is 3.09 bits per heavy atom. The first-order chi connectivity index (χ1) is 10.5. The van der Waals surface area contributed by atoms with E-state index in [2.05, 4.69) is 20.0 Å². The highest BCUT2D eigenvalue weighted by molar-refractivity contribution is 7.50. The zero-order chi connectivity index (χ0) is 15.5. The highest BCUT2D eigenvalue weighted by Gasteiger charge is 2.51. The van der Waals surface area contributed by atoms with Crippen molar-refractivity contribution in [1.29, 1.82) is 0 Å². The minimum Gasteiger partial charge on any atom is -0.386 e. The maximum absolute atomic E-state index is 11.6. The lowest BCUT2D eigenvalue weighted by Crippen LogP contribution is -2.44. The number of nitrogen functional groups attached to an aromatic ring is 1. The summed E-state index contributed by atoms with van der Waals surface area (Å²) >= 11 is 0. The molecule has 0 amide bonds. The third kappa shape index (κ3) is 2.02. The lowest BCUT2D eigenvalue weighted by molar-refractivity contribution is -0.0338. The molecule has 0 aromatic carbocycles. The average molecular weight is 328 g/mol. The van der Waals surface area contributed by atoms with Crippen LogP contribution in [0.1, 0.15) is 6.23 Å². The van der Waals surface area contributed by atoms with Crippen molar-refractivity contribution in [3.05, 3.63) is 12.7 Å². The molecular weight excluding hydrogens is 315 g/mol. The number of hydrogen-bond donors (Lipinski definition) is 4. The molecule has 22 heavy (non-hydrogen) atoms.